The number of hydrogen-bond acceptors (Lipinski definition) is 1. The standard InChI is InChI=1S/C12H25N/c1-5-6-7-12-9-10(2)8-11(3)13(12)4/h10-12H,5-9H2,1-4H3. The third kappa shape index (κ3) is 2.98. The molecule has 1 saturated heterocycles. The Morgan fingerprint density at radius 3 is 2.54 bits per heavy atom. The molecule has 1 fully saturated rings. The molecule has 0 radical (unpaired) electrons. The normalized spacial score (nSPS) is 36.5. The molecule has 13 heavy (non-hydrogen) atoms. The van der Waals surface area contributed by atoms with E-state index in [1.54, 1.807) is 0 Å². The van der Waals surface area contributed by atoms with E-state index >= 15 is 0 Å². The van der Waals surface area contributed by atoms with Gasteiger partial charge in [-0.05, 0) is 39.2 Å². The highest BCUT2D eigenvalue weighted by atomic mass is 15.2. The predicted molar refractivity (Wildman–Crippen MR) is 58.9 cm³/mol. The van der Waals surface area contributed by atoms with Crippen molar-refractivity contribution in [3.05, 3.63) is 0 Å². The van der Waals surface area contributed by atoms with E-state index in [1.165, 1.54) is 32.1 Å². The Morgan fingerprint density at radius 2 is 1.92 bits per heavy atom. The summed E-state index contributed by atoms with van der Waals surface area (Å²) in [6.45, 7) is 7.06. The molecule has 78 valence electrons. The average molecular weight is 183 g/mol. The maximum Gasteiger partial charge on any atom is 0.00975 e. The Hall–Kier alpha value is -0.0400. The van der Waals surface area contributed by atoms with Crippen LogP contribution < -0.4 is 0 Å². The third-order valence-corrected chi connectivity index (χ3v) is 3.58. The molecular formula is C12H25N. The first-order chi connectivity index (χ1) is 6.15. The zero-order valence-corrected chi connectivity index (χ0v) is 9.71. The Labute approximate surface area is 83.5 Å². The Morgan fingerprint density at radius 1 is 1.23 bits per heavy atom. The number of rotatable bonds is 3. The fourth-order valence-corrected chi connectivity index (χ4v) is 2.60. The van der Waals surface area contributed by atoms with E-state index in [0.29, 0.717) is 0 Å². The number of hydrogen-bond donors (Lipinski definition) is 0. The van der Waals surface area contributed by atoms with Crippen LogP contribution in [0.2, 0.25) is 0 Å². The van der Waals surface area contributed by atoms with Crippen LogP contribution in [0.5, 0.6) is 0 Å². The molecule has 0 aromatic rings. The van der Waals surface area contributed by atoms with Gasteiger partial charge in [0, 0.05) is 12.1 Å². The van der Waals surface area contributed by atoms with Crippen LogP contribution in [0.3, 0.4) is 0 Å². The van der Waals surface area contributed by atoms with E-state index in [-0.39, 0.29) is 0 Å². The van der Waals surface area contributed by atoms with Crippen LogP contribution in [0.15, 0.2) is 0 Å². The lowest BCUT2D eigenvalue weighted by atomic mass is 9.86. The molecule has 1 rings (SSSR count). The highest BCUT2D eigenvalue weighted by Crippen LogP contribution is 2.28. The van der Waals surface area contributed by atoms with Gasteiger partial charge in [-0.1, -0.05) is 26.7 Å². The molecule has 0 aromatic carbocycles. The molecule has 1 heterocycles. The lowest BCUT2D eigenvalue weighted by molar-refractivity contribution is 0.0867. The van der Waals surface area contributed by atoms with Gasteiger partial charge in [-0.2, -0.15) is 0 Å². The Kier molecular flexibility index (Phi) is 4.24. The van der Waals surface area contributed by atoms with Gasteiger partial charge in [0.15, 0.2) is 0 Å². The van der Waals surface area contributed by atoms with Crippen molar-refractivity contribution in [2.75, 3.05) is 7.05 Å². The summed E-state index contributed by atoms with van der Waals surface area (Å²) in [5.74, 6) is 0.938. The maximum atomic E-state index is 2.59. The van der Waals surface area contributed by atoms with Crippen LogP contribution in [-0.4, -0.2) is 24.0 Å². The quantitative estimate of drug-likeness (QED) is 0.649. The van der Waals surface area contributed by atoms with E-state index in [0.717, 1.165) is 18.0 Å². The van der Waals surface area contributed by atoms with Gasteiger partial charge in [-0.25, -0.2) is 0 Å². The van der Waals surface area contributed by atoms with Gasteiger partial charge in [0.25, 0.3) is 0 Å². The smallest absolute Gasteiger partial charge is 0.00975 e. The minimum atomic E-state index is 0.797. The van der Waals surface area contributed by atoms with Gasteiger partial charge in [-0.3, -0.25) is 0 Å². The molecule has 1 heteroatoms. The second-order valence-corrected chi connectivity index (χ2v) is 4.89. The van der Waals surface area contributed by atoms with Crippen molar-refractivity contribution in [3.63, 3.8) is 0 Å². The predicted octanol–water partition coefficient (Wildman–Crippen LogP) is 3.30. The molecule has 0 saturated carbocycles. The summed E-state index contributed by atoms with van der Waals surface area (Å²) in [4.78, 5) is 2.59. The molecule has 0 bridgehead atoms. The SMILES string of the molecule is CCCCC1CC(C)CC(C)N1C. The fourth-order valence-electron chi connectivity index (χ4n) is 2.60. The summed E-state index contributed by atoms with van der Waals surface area (Å²) in [5.41, 5.74) is 0. The molecular weight excluding hydrogens is 158 g/mol. The zero-order valence-electron chi connectivity index (χ0n) is 9.71. The monoisotopic (exact) mass is 183 g/mol. The van der Waals surface area contributed by atoms with E-state index < -0.39 is 0 Å². The average Bonchev–Trinajstić information content (AvgIpc) is 2.09. The number of piperidine rings is 1. The van der Waals surface area contributed by atoms with Crippen molar-refractivity contribution in [2.45, 2.75) is 65.0 Å². The van der Waals surface area contributed by atoms with Gasteiger partial charge in [0.05, 0.1) is 0 Å². The van der Waals surface area contributed by atoms with Gasteiger partial charge in [-0.15, -0.1) is 0 Å². The molecule has 0 amide bonds. The highest BCUT2D eigenvalue weighted by molar-refractivity contribution is 4.82. The lowest BCUT2D eigenvalue weighted by Crippen LogP contribution is -2.44. The molecule has 3 atom stereocenters. The van der Waals surface area contributed by atoms with Gasteiger partial charge in [0.1, 0.15) is 0 Å². The molecule has 1 aliphatic rings. The lowest BCUT2D eigenvalue weighted by Gasteiger charge is -2.41. The molecule has 1 nitrogen and oxygen atoms in total. The van der Waals surface area contributed by atoms with Crippen molar-refractivity contribution in [1.29, 1.82) is 0 Å². The fraction of sp³-hybridized carbons (Fsp3) is 1.00. The summed E-state index contributed by atoms with van der Waals surface area (Å²) >= 11 is 0. The maximum absolute atomic E-state index is 2.59. The molecule has 0 spiro atoms. The van der Waals surface area contributed by atoms with Crippen LogP contribution in [-0.2, 0) is 0 Å². The van der Waals surface area contributed by atoms with E-state index in [9.17, 15) is 0 Å². The van der Waals surface area contributed by atoms with Gasteiger partial charge in [0.2, 0.25) is 0 Å². The Balaban J connectivity index is 2.41. The minimum absolute atomic E-state index is 0.797. The van der Waals surface area contributed by atoms with Gasteiger partial charge >= 0.3 is 0 Å². The second-order valence-electron chi connectivity index (χ2n) is 4.89. The first kappa shape index (κ1) is 11.0. The van der Waals surface area contributed by atoms with E-state index in [1.807, 2.05) is 0 Å². The van der Waals surface area contributed by atoms with Crippen LogP contribution in [0.4, 0.5) is 0 Å². The van der Waals surface area contributed by atoms with Crippen molar-refractivity contribution in [1.82, 2.24) is 4.90 Å². The second kappa shape index (κ2) is 4.99. The first-order valence-corrected chi connectivity index (χ1v) is 5.87. The minimum Gasteiger partial charge on any atom is -0.301 e. The van der Waals surface area contributed by atoms with Crippen molar-refractivity contribution in [3.8, 4) is 0 Å². The van der Waals surface area contributed by atoms with Gasteiger partial charge < -0.3 is 4.90 Å². The van der Waals surface area contributed by atoms with Crippen LogP contribution in [0.25, 0.3) is 0 Å². The number of likely N-dealkylation sites (tertiary alicyclic amines) is 1. The zero-order chi connectivity index (χ0) is 9.84. The summed E-state index contributed by atoms with van der Waals surface area (Å²) in [5, 5.41) is 0. The summed E-state index contributed by atoms with van der Waals surface area (Å²) in [7, 11) is 2.30. The van der Waals surface area contributed by atoms with Crippen molar-refractivity contribution < 1.29 is 0 Å². The highest BCUT2D eigenvalue weighted by Gasteiger charge is 2.27. The van der Waals surface area contributed by atoms with Crippen LogP contribution >= 0.6 is 0 Å². The van der Waals surface area contributed by atoms with Crippen LogP contribution in [0, 0.1) is 5.92 Å². The molecule has 3 unspecified atom stereocenters. The summed E-state index contributed by atoms with van der Waals surface area (Å²) < 4.78 is 0. The Bertz CT molecular complexity index is 144. The largest absolute Gasteiger partial charge is 0.301 e. The van der Waals surface area contributed by atoms with E-state index in [2.05, 4.69) is 32.7 Å². The number of unbranched alkanes of at least 4 members (excludes halogenated alkanes) is 1. The summed E-state index contributed by atoms with van der Waals surface area (Å²) in [6.07, 6.45) is 6.95. The molecule has 1 aliphatic heterocycles. The molecule has 0 aromatic heterocycles. The first-order valence-electron chi connectivity index (χ1n) is 5.87. The number of nitrogens with zero attached hydrogens (tertiary/aromatic N) is 1. The molecule has 0 aliphatic carbocycles. The van der Waals surface area contributed by atoms with Crippen molar-refractivity contribution >= 4 is 0 Å². The summed E-state index contributed by atoms with van der Waals surface area (Å²) in [6, 6.07) is 1.66. The van der Waals surface area contributed by atoms with E-state index in [4.69, 9.17) is 0 Å². The van der Waals surface area contributed by atoms with Crippen molar-refractivity contribution in [2.24, 2.45) is 5.92 Å². The topological polar surface area (TPSA) is 3.24 Å². The third-order valence-electron chi connectivity index (χ3n) is 3.58. The van der Waals surface area contributed by atoms with Crippen LogP contribution in [0.1, 0.15) is 52.9 Å². The molecule has 0 N–H and O–H groups in total.